The minimum absolute atomic E-state index is 0.0634. The highest BCUT2D eigenvalue weighted by Gasteiger charge is 2.41. The second-order valence-corrected chi connectivity index (χ2v) is 5.47. The lowest BCUT2D eigenvalue weighted by atomic mass is 9.86. The van der Waals surface area contributed by atoms with Crippen molar-refractivity contribution in [1.29, 1.82) is 0 Å². The number of nitrogens with one attached hydrogen (secondary N) is 1. The third-order valence-electron chi connectivity index (χ3n) is 4.61. The van der Waals surface area contributed by atoms with E-state index in [1.807, 2.05) is 6.07 Å². The van der Waals surface area contributed by atoms with E-state index in [1.165, 1.54) is 0 Å². The SMILES string of the molecule is CC#Cc1c[nH]c(=O)c(N2CCOC(CC)(CC)C2C)c1. The molecule has 1 N–H and O–H groups in total. The Morgan fingerprint density at radius 3 is 2.81 bits per heavy atom. The summed E-state index contributed by atoms with van der Waals surface area (Å²) in [6.45, 7) is 9.61. The van der Waals surface area contributed by atoms with Gasteiger partial charge in [0, 0.05) is 18.3 Å². The third-order valence-corrected chi connectivity index (χ3v) is 4.61. The van der Waals surface area contributed by atoms with Crippen molar-refractivity contribution < 1.29 is 4.74 Å². The van der Waals surface area contributed by atoms with E-state index >= 15 is 0 Å². The molecule has 0 amide bonds. The van der Waals surface area contributed by atoms with Crippen LogP contribution in [0.5, 0.6) is 0 Å². The number of hydrogen-bond donors (Lipinski definition) is 1. The van der Waals surface area contributed by atoms with Gasteiger partial charge < -0.3 is 14.6 Å². The first-order valence-electron chi connectivity index (χ1n) is 7.64. The van der Waals surface area contributed by atoms with Crippen molar-refractivity contribution in [3.05, 3.63) is 28.2 Å². The van der Waals surface area contributed by atoms with E-state index in [9.17, 15) is 4.79 Å². The van der Waals surface area contributed by atoms with Crippen LogP contribution < -0.4 is 10.5 Å². The first-order chi connectivity index (χ1) is 10.1. The zero-order valence-corrected chi connectivity index (χ0v) is 13.3. The fraction of sp³-hybridized carbons (Fsp3) is 0.588. The van der Waals surface area contributed by atoms with Crippen molar-refractivity contribution in [2.75, 3.05) is 18.1 Å². The van der Waals surface area contributed by atoms with Crippen LogP contribution >= 0.6 is 0 Å². The van der Waals surface area contributed by atoms with Gasteiger partial charge in [0.15, 0.2) is 0 Å². The minimum atomic E-state index is -0.183. The molecule has 4 nitrogen and oxygen atoms in total. The molecule has 21 heavy (non-hydrogen) atoms. The average molecular weight is 288 g/mol. The summed E-state index contributed by atoms with van der Waals surface area (Å²) in [5.41, 5.74) is 1.28. The third kappa shape index (κ3) is 2.84. The van der Waals surface area contributed by atoms with Crippen LogP contribution in [0.3, 0.4) is 0 Å². The van der Waals surface area contributed by atoms with Crippen LogP contribution in [0.4, 0.5) is 5.69 Å². The van der Waals surface area contributed by atoms with Crippen LogP contribution in [-0.4, -0.2) is 29.8 Å². The smallest absolute Gasteiger partial charge is 0.271 e. The Balaban J connectivity index is 2.42. The predicted octanol–water partition coefficient (Wildman–Crippen LogP) is 2.53. The second kappa shape index (κ2) is 6.36. The molecule has 0 saturated carbocycles. The van der Waals surface area contributed by atoms with Gasteiger partial charge in [-0.1, -0.05) is 19.8 Å². The van der Waals surface area contributed by atoms with Crippen molar-refractivity contribution >= 4 is 5.69 Å². The number of aromatic amines is 1. The molecule has 1 aliphatic rings. The summed E-state index contributed by atoms with van der Waals surface area (Å²) in [5.74, 6) is 5.87. The number of anilines is 1. The normalized spacial score (nSPS) is 20.8. The van der Waals surface area contributed by atoms with E-state index in [2.05, 4.69) is 42.5 Å². The van der Waals surface area contributed by atoms with Gasteiger partial charge in [-0.15, -0.1) is 5.92 Å². The molecule has 114 valence electrons. The van der Waals surface area contributed by atoms with E-state index in [0.717, 1.165) is 24.9 Å². The van der Waals surface area contributed by atoms with E-state index in [0.29, 0.717) is 12.3 Å². The van der Waals surface area contributed by atoms with Crippen molar-refractivity contribution in [2.45, 2.75) is 52.2 Å². The Kier molecular flexibility index (Phi) is 4.74. The number of nitrogens with zero attached hydrogens (tertiary/aromatic N) is 1. The highest BCUT2D eigenvalue weighted by Crippen LogP contribution is 2.33. The lowest BCUT2D eigenvalue weighted by molar-refractivity contribution is -0.0849. The van der Waals surface area contributed by atoms with Gasteiger partial charge in [0.25, 0.3) is 5.56 Å². The topological polar surface area (TPSA) is 45.3 Å². The molecule has 1 unspecified atom stereocenters. The second-order valence-electron chi connectivity index (χ2n) is 5.47. The summed E-state index contributed by atoms with van der Waals surface area (Å²) >= 11 is 0. The molecule has 4 heteroatoms. The lowest BCUT2D eigenvalue weighted by Gasteiger charge is -2.48. The van der Waals surface area contributed by atoms with Gasteiger partial charge in [0.05, 0.1) is 18.2 Å². The molecule has 0 radical (unpaired) electrons. The number of pyridine rings is 1. The number of hydrogen-bond acceptors (Lipinski definition) is 3. The first kappa shape index (κ1) is 15.7. The number of rotatable bonds is 3. The Morgan fingerprint density at radius 2 is 2.19 bits per heavy atom. The van der Waals surface area contributed by atoms with Gasteiger partial charge in [-0.25, -0.2) is 0 Å². The van der Waals surface area contributed by atoms with Crippen molar-refractivity contribution in [1.82, 2.24) is 4.98 Å². The molecule has 0 aromatic carbocycles. The van der Waals surface area contributed by atoms with Gasteiger partial charge >= 0.3 is 0 Å². The van der Waals surface area contributed by atoms with Crippen LogP contribution in [-0.2, 0) is 4.74 Å². The molecule has 1 aromatic rings. The number of ether oxygens (including phenoxy) is 1. The number of H-pyrrole nitrogens is 1. The van der Waals surface area contributed by atoms with Crippen molar-refractivity contribution in [2.24, 2.45) is 0 Å². The monoisotopic (exact) mass is 288 g/mol. The van der Waals surface area contributed by atoms with Gasteiger partial charge in [0.2, 0.25) is 0 Å². The maximum absolute atomic E-state index is 12.2. The molecule has 1 aromatic heterocycles. The molecular weight excluding hydrogens is 264 g/mol. The summed E-state index contributed by atoms with van der Waals surface area (Å²) in [5, 5.41) is 0. The Bertz CT molecular complexity index is 605. The predicted molar refractivity (Wildman–Crippen MR) is 85.7 cm³/mol. The average Bonchev–Trinajstić information content (AvgIpc) is 2.50. The van der Waals surface area contributed by atoms with E-state index < -0.39 is 0 Å². The fourth-order valence-corrected chi connectivity index (χ4v) is 3.22. The molecule has 2 rings (SSSR count). The maximum atomic E-state index is 12.2. The van der Waals surface area contributed by atoms with Crippen molar-refractivity contribution in [3.63, 3.8) is 0 Å². The van der Waals surface area contributed by atoms with Crippen molar-refractivity contribution in [3.8, 4) is 11.8 Å². The highest BCUT2D eigenvalue weighted by molar-refractivity contribution is 5.51. The quantitative estimate of drug-likeness (QED) is 0.869. The van der Waals surface area contributed by atoms with Crippen LogP contribution in [0.2, 0.25) is 0 Å². The summed E-state index contributed by atoms with van der Waals surface area (Å²) in [6.07, 6.45) is 3.54. The number of morpholine rings is 1. The van der Waals surface area contributed by atoms with Gasteiger partial charge in [0.1, 0.15) is 5.69 Å². The van der Waals surface area contributed by atoms with Gasteiger partial charge in [-0.3, -0.25) is 4.79 Å². The largest absolute Gasteiger partial charge is 0.371 e. The molecule has 2 heterocycles. The zero-order chi connectivity index (χ0) is 15.5. The lowest BCUT2D eigenvalue weighted by Crippen LogP contribution is -2.59. The fourth-order valence-electron chi connectivity index (χ4n) is 3.22. The Labute approximate surface area is 126 Å². The standard InChI is InChI=1S/C17H24N2O2/c1-5-8-14-11-15(16(20)18-12-14)19-9-10-21-17(6-2,7-3)13(19)4/h11-13H,6-7,9-10H2,1-4H3,(H,18,20). The summed E-state index contributed by atoms with van der Waals surface area (Å²) in [7, 11) is 0. The van der Waals surface area contributed by atoms with Crippen LogP contribution in [0, 0.1) is 11.8 Å². The summed E-state index contributed by atoms with van der Waals surface area (Å²) in [6, 6.07) is 2.04. The molecule has 0 spiro atoms. The summed E-state index contributed by atoms with van der Waals surface area (Å²) in [4.78, 5) is 17.2. The van der Waals surface area contributed by atoms with Crippen LogP contribution in [0.1, 0.15) is 46.1 Å². The summed E-state index contributed by atoms with van der Waals surface area (Å²) < 4.78 is 6.06. The molecule has 1 aliphatic heterocycles. The van der Waals surface area contributed by atoms with E-state index in [4.69, 9.17) is 4.74 Å². The molecule has 0 aliphatic carbocycles. The molecule has 1 fully saturated rings. The minimum Gasteiger partial charge on any atom is -0.371 e. The maximum Gasteiger partial charge on any atom is 0.271 e. The Morgan fingerprint density at radius 1 is 1.48 bits per heavy atom. The number of aromatic nitrogens is 1. The van der Waals surface area contributed by atoms with Crippen LogP contribution in [0.25, 0.3) is 0 Å². The highest BCUT2D eigenvalue weighted by atomic mass is 16.5. The van der Waals surface area contributed by atoms with E-state index in [-0.39, 0.29) is 17.2 Å². The molecule has 0 bridgehead atoms. The van der Waals surface area contributed by atoms with Gasteiger partial charge in [-0.05, 0) is 32.8 Å². The zero-order valence-electron chi connectivity index (χ0n) is 13.3. The molecular formula is C17H24N2O2. The van der Waals surface area contributed by atoms with E-state index in [1.54, 1.807) is 13.1 Å². The Hall–Kier alpha value is -1.73. The molecule has 1 atom stereocenters. The van der Waals surface area contributed by atoms with Crippen LogP contribution in [0.15, 0.2) is 17.1 Å². The van der Waals surface area contributed by atoms with Gasteiger partial charge in [-0.2, -0.15) is 0 Å². The molecule has 1 saturated heterocycles. The first-order valence-corrected chi connectivity index (χ1v) is 7.64.